The van der Waals surface area contributed by atoms with Gasteiger partial charge in [-0.15, -0.1) is 0 Å². The molecule has 1 N–H and O–H groups in total. The summed E-state index contributed by atoms with van der Waals surface area (Å²) in [6.07, 6.45) is 0.806. The molecular weight excluding hydrogens is 362 g/mol. The Bertz CT molecular complexity index is 865. The highest BCUT2D eigenvalue weighted by atomic mass is 16.5. The van der Waals surface area contributed by atoms with Crippen molar-refractivity contribution in [2.45, 2.75) is 6.92 Å². The highest BCUT2D eigenvalue weighted by Crippen LogP contribution is 2.31. The minimum absolute atomic E-state index is 0.184. The molecule has 2 amide bonds. The van der Waals surface area contributed by atoms with Gasteiger partial charge in [-0.3, -0.25) is 9.59 Å². The summed E-state index contributed by atoms with van der Waals surface area (Å²) in [6.45, 7) is 3.73. The lowest BCUT2D eigenvalue weighted by Gasteiger charge is -2.32. The summed E-state index contributed by atoms with van der Waals surface area (Å²) >= 11 is 0. The summed E-state index contributed by atoms with van der Waals surface area (Å²) in [7, 11) is 3.16. The van der Waals surface area contributed by atoms with E-state index in [2.05, 4.69) is 15.3 Å². The number of piperazine rings is 1. The standard InChI is InChI=1S/C19H23N5O4/c1-13-20-16(19(26)24-8-6-23(12-25)7-9-24)11-18(21-13)22-15-10-14(27-2)4-5-17(15)28-3/h4-5,10-12H,6-9H2,1-3H3,(H,20,21,22). The van der Waals surface area contributed by atoms with Crippen LogP contribution in [0.1, 0.15) is 16.3 Å². The van der Waals surface area contributed by atoms with Crippen molar-refractivity contribution in [3.8, 4) is 11.5 Å². The molecule has 3 rings (SSSR count). The average Bonchev–Trinajstić information content (AvgIpc) is 2.72. The molecule has 28 heavy (non-hydrogen) atoms. The van der Waals surface area contributed by atoms with E-state index in [9.17, 15) is 9.59 Å². The first kappa shape index (κ1) is 19.4. The smallest absolute Gasteiger partial charge is 0.272 e. The maximum absolute atomic E-state index is 12.8. The van der Waals surface area contributed by atoms with E-state index in [4.69, 9.17) is 9.47 Å². The number of carbonyl (C=O) groups is 2. The van der Waals surface area contributed by atoms with Crippen molar-refractivity contribution in [2.75, 3.05) is 45.7 Å². The van der Waals surface area contributed by atoms with E-state index >= 15 is 0 Å². The van der Waals surface area contributed by atoms with Crippen LogP contribution >= 0.6 is 0 Å². The van der Waals surface area contributed by atoms with Gasteiger partial charge in [0.2, 0.25) is 6.41 Å². The van der Waals surface area contributed by atoms with Crippen molar-refractivity contribution in [2.24, 2.45) is 0 Å². The Hall–Kier alpha value is -3.36. The number of nitrogens with zero attached hydrogens (tertiary/aromatic N) is 4. The van der Waals surface area contributed by atoms with E-state index in [1.807, 2.05) is 0 Å². The minimum atomic E-state index is -0.184. The highest BCUT2D eigenvalue weighted by molar-refractivity contribution is 5.93. The maximum atomic E-state index is 12.8. The fourth-order valence-corrected chi connectivity index (χ4v) is 2.98. The van der Waals surface area contributed by atoms with E-state index < -0.39 is 0 Å². The lowest BCUT2D eigenvalue weighted by Crippen LogP contribution is -2.48. The first-order valence-electron chi connectivity index (χ1n) is 8.87. The molecule has 9 heteroatoms. The third-order valence-corrected chi connectivity index (χ3v) is 4.48. The second-order valence-electron chi connectivity index (χ2n) is 6.31. The van der Waals surface area contributed by atoms with E-state index in [1.54, 1.807) is 55.2 Å². The van der Waals surface area contributed by atoms with Gasteiger partial charge in [0.25, 0.3) is 5.91 Å². The topological polar surface area (TPSA) is 96.9 Å². The summed E-state index contributed by atoms with van der Waals surface area (Å²) < 4.78 is 10.6. The van der Waals surface area contributed by atoms with Crippen LogP contribution in [0.25, 0.3) is 0 Å². The Balaban J connectivity index is 1.82. The quantitative estimate of drug-likeness (QED) is 0.752. The van der Waals surface area contributed by atoms with Crippen LogP contribution in [0.3, 0.4) is 0 Å². The zero-order valence-electron chi connectivity index (χ0n) is 16.1. The van der Waals surface area contributed by atoms with Crippen molar-refractivity contribution in [3.05, 3.63) is 35.8 Å². The molecule has 148 valence electrons. The van der Waals surface area contributed by atoms with Crippen LogP contribution in [0.4, 0.5) is 11.5 Å². The predicted molar refractivity (Wildman–Crippen MR) is 103 cm³/mol. The second kappa shape index (κ2) is 8.55. The first-order chi connectivity index (χ1) is 13.5. The first-order valence-corrected chi connectivity index (χ1v) is 8.87. The molecule has 1 fully saturated rings. The van der Waals surface area contributed by atoms with Gasteiger partial charge in [-0.25, -0.2) is 9.97 Å². The van der Waals surface area contributed by atoms with E-state index in [-0.39, 0.29) is 5.91 Å². The number of methoxy groups -OCH3 is 2. The number of hydrogen-bond donors (Lipinski definition) is 1. The normalized spacial score (nSPS) is 13.8. The summed E-state index contributed by atoms with van der Waals surface area (Å²) in [5.41, 5.74) is 0.967. The van der Waals surface area contributed by atoms with Gasteiger partial charge >= 0.3 is 0 Å². The molecule has 0 atom stereocenters. The van der Waals surface area contributed by atoms with Crippen molar-refractivity contribution in [1.29, 1.82) is 0 Å². The van der Waals surface area contributed by atoms with Crippen molar-refractivity contribution < 1.29 is 19.1 Å². The zero-order chi connectivity index (χ0) is 20.1. The van der Waals surface area contributed by atoms with Crippen molar-refractivity contribution >= 4 is 23.8 Å². The molecule has 1 aliphatic heterocycles. The highest BCUT2D eigenvalue weighted by Gasteiger charge is 2.23. The molecule has 0 bridgehead atoms. The van der Waals surface area contributed by atoms with Gasteiger partial charge in [-0.05, 0) is 19.1 Å². The Kier molecular flexibility index (Phi) is 5.93. The van der Waals surface area contributed by atoms with Gasteiger partial charge in [0, 0.05) is 38.3 Å². The number of aryl methyl sites for hydroxylation is 1. The molecule has 2 heterocycles. The van der Waals surface area contributed by atoms with Crippen molar-refractivity contribution in [1.82, 2.24) is 19.8 Å². The molecule has 2 aromatic rings. The molecule has 0 radical (unpaired) electrons. The van der Waals surface area contributed by atoms with Crippen LogP contribution in [0.5, 0.6) is 11.5 Å². The molecule has 0 unspecified atom stereocenters. The van der Waals surface area contributed by atoms with Gasteiger partial charge < -0.3 is 24.6 Å². The number of ether oxygens (including phenoxy) is 2. The summed E-state index contributed by atoms with van der Waals surface area (Å²) in [6, 6.07) is 6.98. The van der Waals surface area contributed by atoms with Crippen LogP contribution in [0.2, 0.25) is 0 Å². The Morgan fingerprint density at radius 1 is 1.11 bits per heavy atom. The molecule has 1 aromatic carbocycles. The minimum Gasteiger partial charge on any atom is -0.497 e. The van der Waals surface area contributed by atoms with Crippen LogP contribution in [0, 0.1) is 6.92 Å². The Morgan fingerprint density at radius 2 is 1.86 bits per heavy atom. The van der Waals surface area contributed by atoms with Gasteiger partial charge in [-0.2, -0.15) is 0 Å². The number of carbonyl (C=O) groups excluding carboxylic acids is 2. The molecule has 1 aliphatic rings. The van der Waals surface area contributed by atoms with Crippen LogP contribution in [-0.4, -0.2) is 72.5 Å². The summed E-state index contributed by atoms with van der Waals surface area (Å²) in [4.78, 5) is 35.7. The van der Waals surface area contributed by atoms with Gasteiger partial charge in [-0.1, -0.05) is 0 Å². The number of benzene rings is 1. The maximum Gasteiger partial charge on any atom is 0.272 e. The fourth-order valence-electron chi connectivity index (χ4n) is 2.98. The fraction of sp³-hybridized carbons (Fsp3) is 0.368. The summed E-state index contributed by atoms with van der Waals surface area (Å²) in [5.74, 6) is 2.06. The third kappa shape index (κ3) is 4.30. The second-order valence-corrected chi connectivity index (χ2v) is 6.31. The van der Waals surface area contributed by atoms with E-state index in [1.165, 1.54) is 0 Å². The number of hydrogen-bond acceptors (Lipinski definition) is 7. The van der Waals surface area contributed by atoms with E-state index in [0.29, 0.717) is 60.7 Å². The molecule has 1 aromatic heterocycles. The summed E-state index contributed by atoms with van der Waals surface area (Å²) in [5, 5.41) is 3.17. The Labute approximate surface area is 163 Å². The van der Waals surface area contributed by atoms with Crippen LogP contribution in [-0.2, 0) is 4.79 Å². The van der Waals surface area contributed by atoms with Crippen LogP contribution < -0.4 is 14.8 Å². The predicted octanol–water partition coefficient (Wildman–Crippen LogP) is 1.46. The van der Waals surface area contributed by atoms with Gasteiger partial charge in [0.15, 0.2) is 0 Å². The Morgan fingerprint density at radius 3 is 2.50 bits per heavy atom. The van der Waals surface area contributed by atoms with Gasteiger partial charge in [0.1, 0.15) is 28.8 Å². The molecule has 9 nitrogen and oxygen atoms in total. The zero-order valence-corrected chi connectivity index (χ0v) is 16.1. The number of anilines is 2. The third-order valence-electron chi connectivity index (χ3n) is 4.48. The number of amides is 2. The number of nitrogens with one attached hydrogen (secondary N) is 1. The largest absolute Gasteiger partial charge is 0.497 e. The molecule has 0 spiro atoms. The van der Waals surface area contributed by atoms with Crippen LogP contribution in [0.15, 0.2) is 24.3 Å². The lowest BCUT2D eigenvalue weighted by molar-refractivity contribution is -0.119. The average molecular weight is 385 g/mol. The monoisotopic (exact) mass is 385 g/mol. The molecular formula is C19H23N5O4. The molecule has 1 saturated heterocycles. The lowest BCUT2D eigenvalue weighted by atomic mass is 10.2. The number of aromatic nitrogens is 2. The molecule has 0 saturated carbocycles. The van der Waals surface area contributed by atoms with E-state index in [0.717, 1.165) is 6.41 Å². The van der Waals surface area contributed by atoms with Crippen molar-refractivity contribution in [3.63, 3.8) is 0 Å². The molecule has 0 aliphatic carbocycles. The SMILES string of the molecule is COc1ccc(OC)c(Nc2cc(C(=O)N3CCN(C=O)CC3)nc(C)n2)c1. The number of rotatable bonds is 6. The van der Waals surface area contributed by atoms with Gasteiger partial charge in [0.05, 0.1) is 19.9 Å².